The van der Waals surface area contributed by atoms with E-state index < -0.39 is 5.97 Å². The molecule has 2 aromatic carbocycles. The molecule has 0 spiro atoms. The second kappa shape index (κ2) is 8.60. The van der Waals surface area contributed by atoms with Crippen molar-refractivity contribution in [3.05, 3.63) is 59.4 Å². The number of Topliss-reactive ketones (excluding diaryl/α,β-unsaturated/α-hetero) is 1. The Bertz CT molecular complexity index is 1060. The Hall–Kier alpha value is -3.61. The summed E-state index contributed by atoms with van der Waals surface area (Å²) >= 11 is 0. The molecule has 150 valence electrons. The Balaban J connectivity index is 1.68. The van der Waals surface area contributed by atoms with E-state index in [0.717, 1.165) is 0 Å². The van der Waals surface area contributed by atoms with Gasteiger partial charge in [0.25, 0.3) is 5.91 Å². The van der Waals surface area contributed by atoms with Crippen molar-refractivity contribution in [3.8, 4) is 5.75 Å². The summed E-state index contributed by atoms with van der Waals surface area (Å²) in [5.74, 6) is 0.0221. The van der Waals surface area contributed by atoms with Gasteiger partial charge in [-0.3, -0.25) is 9.59 Å². The van der Waals surface area contributed by atoms with Gasteiger partial charge in [0.15, 0.2) is 12.4 Å². The summed E-state index contributed by atoms with van der Waals surface area (Å²) in [4.78, 5) is 35.6. The summed E-state index contributed by atoms with van der Waals surface area (Å²) in [7, 11) is 0. The molecule has 0 bridgehead atoms. The van der Waals surface area contributed by atoms with Crippen molar-refractivity contribution in [3.63, 3.8) is 0 Å². The molecule has 1 aromatic heterocycles. The smallest absolute Gasteiger partial charge is 0.342 e. The van der Waals surface area contributed by atoms with Gasteiger partial charge in [-0.15, -0.1) is 0 Å². The lowest BCUT2D eigenvalue weighted by Gasteiger charge is -2.08. The van der Waals surface area contributed by atoms with Gasteiger partial charge in [-0.2, -0.15) is 0 Å². The zero-order chi connectivity index (χ0) is 21.0. The summed E-state index contributed by atoms with van der Waals surface area (Å²) in [6.45, 7) is 4.95. The number of hydrogen-bond acceptors (Lipinski definition) is 6. The van der Waals surface area contributed by atoms with Gasteiger partial charge < -0.3 is 19.2 Å². The number of hydrogen-bond donors (Lipinski definition) is 1. The molecule has 1 amide bonds. The minimum Gasteiger partial charge on any atom is -0.484 e. The molecular weight excluding hydrogens is 374 g/mol. The van der Waals surface area contributed by atoms with Crippen molar-refractivity contribution in [1.82, 2.24) is 0 Å². The zero-order valence-corrected chi connectivity index (χ0v) is 16.4. The number of carbonyl (C=O) groups excluding carboxylic acids is 3. The van der Waals surface area contributed by atoms with Crippen LogP contribution in [0.3, 0.4) is 0 Å². The Kier molecular flexibility index (Phi) is 5.97. The number of rotatable bonds is 7. The minimum absolute atomic E-state index is 0.0433. The number of nitrogens with one attached hydrogen (secondary N) is 1. The van der Waals surface area contributed by atoms with Crippen LogP contribution >= 0.6 is 0 Å². The van der Waals surface area contributed by atoms with Crippen LogP contribution in [0.1, 0.15) is 40.3 Å². The molecule has 0 aliphatic carbocycles. The average Bonchev–Trinajstić information content (AvgIpc) is 3.02. The molecule has 3 rings (SSSR count). The van der Waals surface area contributed by atoms with E-state index in [1.165, 1.54) is 6.92 Å². The predicted molar refractivity (Wildman–Crippen MR) is 107 cm³/mol. The van der Waals surface area contributed by atoms with Gasteiger partial charge in [-0.1, -0.05) is 0 Å². The van der Waals surface area contributed by atoms with Gasteiger partial charge in [0.2, 0.25) is 0 Å². The van der Waals surface area contributed by atoms with Crippen molar-refractivity contribution >= 4 is 34.3 Å². The Morgan fingerprint density at radius 1 is 1.07 bits per heavy atom. The molecule has 7 heteroatoms. The number of benzene rings is 2. The first-order valence-corrected chi connectivity index (χ1v) is 9.13. The SMILES string of the molecule is CCOC(=O)c1c(C)oc2ccc(OCC(=O)Nc3ccc(C(C)=O)cc3)cc12. The third-order valence-electron chi connectivity index (χ3n) is 4.26. The second-order valence-corrected chi connectivity index (χ2v) is 6.38. The van der Waals surface area contributed by atoms with Crippen LogP contribution in [0.25, 0.3) is 11.0 Å². The Morgan fingerprint density at radius 2 is 1.79 bits per heavy atom. The molecule has 0 radical (unpaired) electrons. The third kappa shape index (κ3) is 4.63. The van der Waals surface area contributed by atoms with Gasteiger partial charge in [0.05, 0.1) is 6.61 Å². The fourth-order valence-electron chi connectivity index (χ4n) is 2.88. The van der Waals surface area contributed by atoms with Crippen molar-refractivity contribution in [2.75, 3.05) is 18.5 Å². The van der Waals surface area contributed by atoms with Crippen molar-refractivity contribution in [2.24, 2.45) is 0 Å². The van der Waals surface area contributed by atoms with E-state index in [2.05, 4.69) is 5.32 Å². The van der Waals surface area contributed by atoms with Crippen LogP contribution < -0.4 is 10.1 Å². The van der Waals surface area contributed by atoms with Crippen LogP contribution in [0.4, 0.5) is 5.69 Å². The number of fused-ring (bicyclic) bond motifs is 1. The molecule has 0 saturated carbocycles. The molecule has 0 unspecified atom stereocenters. The summed E-state index contributed by atoms with van der Waals surface area (Å²) in [5.41, 5.74) is 2.02. The Morgan fingerprint density at radius 3 is 2.45 bits per heavy atom. The van der Waals surface area contributed by atoms with Crippen LogP contribution in [0.2, 0.25) is 0 Å². The van der Waals surface area contributed by atoms with E-state index >= 15 is 0 Å². The summed E-state index contributed by atoms with van der Waals surface area (Å²) < 4.78 is 16.2. The number of carbonyl (C=O) groups is 3. The van der Waals surface area contributed by atoms with Crippen molar-refractivity contribution in [1.29, 1.82) is 0 Å². The van der Waals surface area contributed by atoms with E-state index in [4.69, 9.17) is 13.9 Å². The van der Waals surface area contributed by atoms with E-state index in [9.17, 15) is 14.4 Å². The van der Waals surface area contributed by atoms with Crippen molar-refractivity contribution < 1.29 is 28.3 Å². The van der Waals surface area contributed by atoms with Crippen LogP contribution in [0.15, 0.2) is 46.9 Å². The lowest BCUT2D eigenvalue weighted by atomic mass is 10.1. The van der Waals surface area contributed by atoms with Crippen LogP contribution in [0, 0.1) is 6.92 Å². The van der Waals surface area contributed by atoms with E-state index in [-0.39, 0.29) is 24.9 Å². The van der Waals surface area contributed by atoms with Crippen LogP contribution in [-0.4, -0.2) is 30.9 Å². The van der Waals surface area contributed by atoms with Gasteiger partial charge in [-0.05, 0) is 63.2 Å². The van der Waals surface area contributed by atoms with E-state index in [1.807, 2.05) is 0 Å². The van der Waals surface area contributed by atoms with E-state index in [0.29, 0.717) is 39.3 Å². The number of furan rings is 1. The molecule has 1 heterocycles. The maximum absolute atomic E-state index is 12.2. The van der Waals surface area contributed by atoms with Gasteiger partial charge in [0.1, 0.15) is 22.7 Å². The topological polar surface area (TPSA) is 94.8 Å². The summed E-state index contributed by atoms with van der Waals surface area (Å²) in [6.07, 6.45) is 0. The standard InChI is InChI=1S/C22H21NO6/c1-4-27-22(26)21-14(3)29-19-10-9-17(11-18(19)21)28-12-20(25)23-16-7-5-15(6-8-16)13(2)24/h5-11H,4,12H2,1-3H3,(H,23,25). The highest BCUT2D eigenvalue weighted by Crippen LogP contribution is 2.29. The molecule has 0 saturated heterocycles. The van der Waals surface area contributed by atoms with E-state index in [1.54, 1.807) is 56.3 Å². The van der Waals surface area contributed by atoms with Gasteiger partial charge in [-0.25, -0.2) is 4.79 Å². The lowest BCUT2D eigenvalue weighted by molar-refractivity contribution is -0.118. The quantitative estimate of drug-likeness (QED) is 0.477. The monoisotopic (exact) mass is 395 g/mol. The zero-order valence-electron chi connectivity index (χ0n) is 16.4. The fourth-order valence-corrected chi connectivity index (χ4v) is 2.88. The van der Waals surface area contributed by atoms with Crippen molar-refractivity contribution in [2.45, 2.75) is 20.8 Å². The van der Waals surface area contributed by atoms with Crippen LogP contribution in [-0.2, 0) is 9.53 Å². The highest BCUT2D eigenvalue weighted by atomic mass is 16.5. The fraction of sp³-hybridized carbons (Fsp3) is 0.227. The molecule has 7 nitrogen and oxygen atoms in total. The highest BCUT2D eigenvalue weighted by Gasteiger charge is 2.20. The first-order chi connectivity index (χ1) is 13.9. The number of anilines is 1. The minimum atomic E-state index is -0.465. The molecule has 0 aliphatic heterocycles. The molecule has 0 atom stereocenters. The highest BCUT2D eigenvalue weighted by molar-refractivity contribution is 6.05. The number of ketones is 1. The number of esters is 1. The predicted octanol–water partition coefficient (Wildman–Crippen LogP) is 4.14. The van der Waals surface area contributed by atoms with Gasteiger partial charge in [0, 0.05) is 16.6 Å². The molecular formula is C22H21NO6. The number of ether oxygens (including phenoxy) is 2. The molecule has 1 N–H and O–H groups in total. The Labute approximate surface area is 167 Å². The number of amides is 1. The number of aryl methyl sites for hydroxylation is 1. The first kappa shape index (κ1) is 20.1. The maximum atomic E-state index is 12.2. The van der Waals surface area contributed by atoms with Crippen LogP contribution in [0.5, 0.6) is 5.75 Å². The largest absolute Gasteiger partial charge is 0.484 e. The normalized spacial score (nSPS) is 10.6. The average molecular weight is 395 g/mol. The van der Waals surface area contributed by atoms with Gasteiger partial charge >= 0.3 is 5.97 Å². The molecule has 0 fully saturated rings. The molecule has 29 heavy (non-hydrogen) atoms. The third-order valence-corrected chi connectivity index (χ3v) is 4.26. The maximum Gasteiger partial charge on any atom is 0.342 e. The molecule has 0 aliphatic rings. The molecule has 3 aromatic rings. The lowest BCUT2D eigenvalue weighted by Crippen LogP contribution is -2.20. The second-order valence-electron chi connectivity index (χ2n) is 6.38. The summed E-state index contributed by atoms with van der Waals surface area (Å²) in [5, 5.41) is 3.27. The summed E-state index contributed by atoms with van der Waals surface area (Å²) in [6, 6.07) is 11.6. The first-order valence-electron chi connectivity index (χ1n) is 9.13.